The van der Waals surface area contributed by atoms with Gasteiger partial charge >= 0.3 is 0 Å². The fourth-order valence-corrected chi connectivity index (χ4v) is 4.06. The molecule has 8 heteroatoms. The van der Waals surface area contributed by atoms with E-state index in [9.17, 15) is 13.2 Å². The number of nitrogens with one attached hydrogen (secondary N) is 1. The summed E-state index contributed by atoms with van der Waals surface area (Å²) in [5.74, 6) is 0.833. The molecule has 1 amide bonds. The minimum Gasteiger partial charge on any atom is -0.493 e. The van der Waals surface area contributed by atoms with Crippen LogP contribution in [-0.4, -0.2) is 53.2 Å². The van der Waals surface area contributed by atoms with Crippen LogP contribution in [-0.2, 0) is 9.84 Å². The molecule has 0 radical (unpaired) electrons. The fourth-order valence-electron chi connectivity index (χ4n) is 2.39. The van der Waals surface area contributed by atoms with Crippen molar-refractivity contribution in [2.45, 2.75) is 12.5 Å². The number of hydrogen-bond acceptors (Lipinski definition) is 6. The van der Waals surface area contributed by atoms with E-state index in [0.717, 1.165) is 0 Å². The van der Waals surface area contributed by atoms with Gasteiger partial charge < -0.3 is 19.5 Å². The lowest BCUT2D eigenvalue weighted by atomic mass is 10.1. The molecule has 1 fully saturated rings. The van der Waals surface area contributed by atoms with Crippen molar-refractivity contribution in [2.24, 2.45) is 0 Å². The number of carbonyl (C=O) groups is 1. The van der Waals surface area contributed by atoms with E-state index < -0.39 is 9.84 Å². The number of benzene rings is 1. The summed E-state index contributed by atoms with van der Waals surface area (Å²) in [6, 6.07) is 2.69. The summed E-state index contributed by atoms with van der Waals surface area (Å²) in [6.45, 7) is 0. The molecule has 1 aromatic rings. The van der Waals surface area contributed by atoms with Crippen molar-refractivity contribution in [1.82, 2.24) is 5.32 Å². The van der Waals surface area contributed by atoms with Crippen LogP contribution >= 0.6 is 0 Å². The number of amides is 1. The number of carbonyl (C=O) groups excluding carboxylic acids is 1. The van der Waals surface area contributed by atoms with Gasteiger partial charge in [-0.05, 0) is 18.6 Å². The zero-order chi connectivity index (χ0) is 16.3. The van der Waals surface area contributed by atoms with E-state index >= 15 is 0 Å². The van der Waals surface area contributed by atoms with E-state index in [2.05, 4.69) is 5.32 Å². The summed E-state index contributed by atoms with van der Waals surface area (Å²) in [7, 11) is 1.35. The van der Waals surface area contributed by atoms with E-state index in [1.807, 2.05) is 0 Å². The van der Waals surface area contributed by atoms with Crippen LogP contribution in [0.15, 0.2) is 12.1 Å². The first-order valence-electron chi connectivity index (χ1n) is 6.71. The topological polar surface area (TPSA) is 90.9 Å². The predicted molar refractivity (Wildman–Crippen MR) is 80.6 cm³/mol. The first kappa shape index (κ1) is 16.4. The van der Waals surface area contributed by atoms with Gasteiger partial charge in [-0.1, -0.05) is 0 Å². The second-order valence-corrected chi connectivity index (χ2v) is 7.22. The Hall–Kier alpha value is -1.96. The molecule has 1 aromatic carbocycles. The van der Waals surface area contributed by atoms with Crippen LogP contribution in [0.4, 0.5) is 0 Å². The quantitative estimate of drug-likeness (QED) is 0.852. The Labute approximate surface area is 129 Å². The lowest BCUT2D eigenvalue weighted by Crippen LogP contribution is -2.35. The van der Waals surface area contributed by atoms with Gasteiger partial charge in [0.2, 0.25) is 5.75 Å². The highest BCUT2D eigenvalue weighted by Crippen LogP contribution is 2.38. The number of sulfone groups is 1. The normalized spacial score (nSPS) is 19.5. The van der Waals surface area contributed by atoms with E-state index in [-0.39, 0.29) is 23.5 Å². The number of hydrogen-bond donors (Lipinski definition) is 1. The van der Waals surface area contributed by atoms with E-state index in [1.54, 1.807) is 0 Å². The Morgan fingerprint density at radius 3 is 2.14 bits per heavy atom. The third kappa shape index (κ3) is 3.44. The molecule has 0 bridgehead atoms. The Morgan fingerprint density at radius 2 is 1.73 bits per heavy atom. The molecule has 122 valence electrons. The monoisotopic (exact) mass is 329 g/mol. The SMILES string of the molecule is COc1cc(C(=O)N[C@@H]2CCS(=O)(=O)C2)cc(OC)c1OC. The number of ether oxygens (including phenoxy) is 3. The second kappa shape index (κ2) is 6.43. The molecule has 0 aromatic heterocycles. The van der Waals surface area contributed by atoms with E-state index in [1.165, 1.54) is 33.5 Å². The lowest BCUT2D eigenvalue weighted by molar-refractivity contribution is 0.0940. The van der Waals surface area contributed by atoms with Crippen molar-refractivity contribution in [1.29, 1.82) is 0 Å². The van der Waals surface area contributed by atoms with Crippen LogP contribution in [0.2, 0.25) is 0 Å². The highest BCUT2D eigenvalue weighted by Gasteiger charge is 2.29. The maximum Gasteiger partial charge on any atom is 0.251 e. The van der Waals surface area contributed by atoms with Gasteiger partial charge in [0.25, 0.3) is 5.91 Å². The lowest BCUT2D eigenvalue weighted by Gasteiger charge is -2.15. The van der Waals surface area contributed by atoms with Crippen molar-refractivity contribution in [2.75, 3.05) is 32.8 Å². The van der Waals surface area contributed by atoms with Crippen LogP contribution < -0.4 is 19.5 Å². The highest BCUT2D eigenvalue weighted by atomic mass is 32.2. The van der Waals surface area contributed by atoms with Gasteiger partial charge in [-0.25, -0.2) is 8.42 Å². The van der Waals surface area contributed by atoms with Crippen molar-refractivity contribution < 1.29 is 27.4 Å². The molecule has 1 aliphatic heterocycles. The Bertz CT molecular complexity index is 645. The minimum atomic E-state index is -3.04. The van der Waals surface area contributed by atoms with Gasteiger partial charge in [-0.2, -0.15) is 0 Å². The average Bonchev–Trinajstić information content (AvgIpc) is 2.84. The van der Waals surface area contributed by atoms with Crippen LogP contribution in [0.3, 0.4) is 0 Å². The molecule has 22 heavy (non-hydrogen) atoms. The molecular formula is C14H19NO6S. The molecule has 1 N–H and O–H groups in total. The summed E-state index contributed by atoms with van der Waals surface area (Å²) in [4.78, 5) is 12.3. The zero-order valence-electron chi connectivity index (χ0n) is 12.7. The van der Waals surface area contributed by atoms with Crippen molar-refractivity contribution in [3.8, 4) is 17.2 Å². The summed E-state index contributed by atoms with van der Waals surface area (Å²) >= 11 is 0. The number of methoxy groups -OCH3 is 3. The standard InChI is InChI=1S/C14H19NO6S/c1-19-11-6-9(7-12(20-2)13(11)21-3)14(16)15-10-4-5-22(17,18)8-10/h6-7,10H,4-5,8H2,1-3H3,(H,15,16)/t10-/m1/s1. The fraction of sp³-hybridized carbons (Fsp3) is 0.500. The largest absolute Gasteiger partial charge is 0.493 e. The molecule has 0 aliphatic carbocycles. The van der Waals surface area contributed by atoms with E-state index in [0.29, 0.717) is 29.2 Å². The third-order valence-corrected chi connectivity index (χ3v) is 5.26. The molecule has 0 spiro atoms. The molecule has 1 atom stereocenters. The minimum absolute atomic E-state index is 0.0246. The van der Waals surface area contributed by atoms with Gasteiger partial charge in [0.1, 0.15) is 0 Å². The van der Waals surface area contributed by atoms with Crippen LogP contribution in [0.5, 0.6) is 17.2 Å². The van der Waals surface area contributed by atoms with E-state index in [4.69, 9.17) is 14.2 Å². The van der Waals surface area contributed by atoms with Gasteiger partial charge in [0.05, 0.1) is 32.8 Å². The Morgan fingerprint density at radius 1 is 1.14 bits per heavy atom. The van der Waals surface area contributed by atoms with Crippen LogP contribution in [0.25, 0.3) is 0 Å². The second-order valence-electron chi connectivity index (χ2n) is 4.99. The molecule has 1 saturated heterocycles. The summed E-state index contributed by atoms with van der Waals surface area (Å²) in [5.41, 5.74) is 0.318. The van der Waals surface area contributed by atoms with Crippen LogP contribution in [0.1, 0.15) is 16.8 Å². The summed E-state index contributed by atoms with van der Waals surface area (Å²) < 4.78 is 38.4. The molecule has 1 aliphatic rings. The average molecular weight is 329 g/mol. The van der Waals surface area contributed by atoms with Gasteiger partial charge in [0, 0.05) is 11.6 Å². The maximum atomic E-state index is 12.3. The van der Waals surface area contributed by atoms with Gasteiger partial charge in [-0.15, -0.1) is 0 Å². The molecule has 0 unspecified atom stereocenters. The molecule has 7 nitrogen and oxygen atoms in total. The smallest absolute Gasteiger partial charge is 0.251 e. The molecule has 2 rings (SSSR count). The Kier molecular flexibility index (Phi) is 4.80. The zero-order valence-corrected chi connectivity index (χ0v) is 13.5. The summed E-state index contributed by atoms with van der Waals surface area (Å²) in [5, 5.41) is 2.72. The van der Waals surface area contributed by atoms with Crippen molar-refractivity contribution in [3.05, 3.63) is 17.7 Å². The third-order valence-electron chi connectivity index (χ3n) is 3.49. The van der Waals surface area contributed by atoms with Gasteiger partial charge in [-0.3, -0.25) is 4.79 Å². The molecule has 0 saturated carbocycles. The first-order valence-corrected chi connectivity index (χ1v) is 8.53. The molecular weight excluding hydrogens is 310 g/mol. The first-order chi connectivity index (χ1) is 10.4. The van der Waals surface area contributed by atoms with Gasteiger partial charge in [0.15, 0.2) is 21.3 Å². The molecule has 1 heterocycles. The highest BCUT2D eigenvalue weighted by molar-refractivity contribution is 7.91. The number of rotatable bonds is 5. The Balaban J connectivity index is 2.23. The predicted octanol–water partition coefficient (Wildman–Crippen LogP) is 0.629. The summed E-state index contributed by atoms with van der Waals surface area (Å²) in [6.07, 6.45) is 0.429. The van der Waals surface area contributed by atoms with Crippen molar-refractivity contribution in [3.63, 3.8) is 0 Å². The van der Waals surface area contributed by atoms with Crippen molar-refractivity contribution >= 4 is 15.7 Å². The maximum absolute atomic E-state index is 12.3. The van der Waals surface area contributed by atoms with Crippen LogP contribution in [0, 0.1) is 0 Å².